The van der Waals surface area contributed by atoms with Crippen LogP contribution in [0.1, 0.15) is 50.7 Å². The van der Waals surface area contributed by atoms with Crippen molar-refractivity contribution in [3.63, 3.8) is 0 Å². The van der Waals surface area contributed by atoms with Gasteiger partial charge in [0.2, 0.25) is 5.91 Å². The fraction of sp³-hybridized carbons (Fsp3) is 0.435. The van der Waals surface area contributed by atoms with E-state index in [1.54, 1.807) is 12.1 Å². The second kappa shape index (κ2) is 9.09. The smallest absolute Gasteiger partial charge is 0.220 e. The van der Waals surface area contributed by atoms with E-state index in [9.17, 15) is 9.18 Å². The van der Waals surface area contributed by atoms with Crippen LogP contribution < -0.4 is 15.4 Å². The van der Waals surface area contributed by atoms with E-state index in [1.807, 2.05) is 38.1 Å². The largest absolute Gasteiger partial charge is 0.491 e. The molecule has 1 heterocycles. The van der Waals surface area contributed by atoms with Crippen molar-refractivity contribution in [2.45, 2.75) is 52.2 Å². The Morgan fingerprint density at radius 2 is 2.04 bits per heavy atom. The van der Waals surface area contributed by atoms with Gasteiger partial charge in [0.1, 0.15) is 11.6 Å². The van der Waals surface area contributed by atoms with Gasteiger partial charge in [-0.05, 0) is 56.0 Å². The molecule has 2 N–H and O–H groups in total. The number of fused-ring (bicyclic) bond motifs is 1. The van der Waals surface area contributed by atoms with Gasteiger partial charge in [-0.15, -0.1) is 0 Å². The molecule has 2 atom stereocenters. The highest BCUT2D eigenvalue weighted by atomic mass is 19.1. The highest BCUT2D eigenvalue weighted by Gasteiger charge is 2.27. The number of carbonyl (C=O) groups excluding carboxylic acids is 1. The third-order valence-electron chi connectivity index (χ3n) is 5.25. The molecule has 4 nitrogen and oxygen atoms in total. The number of para-hydroxylation sites is 1. The summed E-state index contributed by atoms with van der Waals surface area (Å²) in [6.07, 6.45) is 1.30. The minimum atomic E-state index is -0.209. The van der Waals surface area contributed by atoms with Crippen molar-refractivity contribution in [1.29, 1.82) is 0 Å². The Hall–Kier alpha value is -2.56. The van der Waals surface area contributed by atoms with Crippen LogP contribution in [0.4, 0.5) is 10.1 Å². The number of rotatable bonds is 8. The molecule has 0 spiro atoms. The van der Waals surface area contributed by atoms with Crippen molar-refractivity contribution < 1.29 is 13.9 Å². The Bertz CT molecular complexity index is 822. The highest BCUT2D eigenvalue weighted by Crippen LogP contribution is 2.38. The maximum absolute atomic E-state index is 13.6. The second-order valence-corrected chi connectivity index (χ2v) is 7.79. The van der Waals surface area contributed by atoms with Crippen molar-refractivity contribution in [2.24, 2.45) is 5.92 Å². The SMILES string of the molecule is CC(C)Oc1ccccc1CNC(=O)CCC(C)C1CNc2ccc(F)cc21. The van der Waals surface area contributed by atoms with Gasteiger partial charge in [0.15, 0.2) is 0 Å². The van der Waals surface area contributed by atoms with Crippen molar-refractivity contribution in [3.8, 4) is 5.75 Å². The first kappa shape index (κ1) is 20.2. The number of hydrogen-bond donors (Lipinski definition) is 2. The molecule has 3 rings (SSSR count). The predicted octanol–water partition coefficient (Wildman–Crippen LogP) is 4.85. The summed E-state index contributed by atoms with van der Waals surface area (Å²) in [5.74, 6) is 1.15. The monoisotopic (exact) mass is 384 g/mol. The van der Waals surface area contributed by atoms with Gasteiger partial charge in [0.05, 0.1) is 6.10 Å². The fourth-order valence-corrected chi connectivity index (χ4v) is 3.70. The molecule has 0 saturated heterocycles. The molecule has 0 radical (unpaired) electrons. The van der Waals surface area contributed by atoms with Crippen LogP contribution in [0.5, 0.6) is 5.75 Å². The number of nitrogens with one attached hydrogen (secondary N) is 2. The molecule has 0 bridgehead atoms. The Morgan fingerprint density at radius 3 is 2.82 bits per heavy atom. The number of benzene rings is 2. The normalized spacial score (nSPS) is 16.4. The first-order valence-corrected chi connectivity index (χ1v) is 9.98. The zero-order valence-corrected chi connectivity index (χ0v) is 16.8. The fourth-order valence-electron chi connectivity index (χ4n) is 3.70. The lowest BCUT2D eigenvalue weighted by Crippen LogP contribution is -2.24. The van der Waals surface area contributed by atoms with Crippen LogP contribution >= 0.6 is 0 Å². The molecule has 2 aromatic carbocycles. The van der Waals surface area contributed by atoms with Gasteiger partial charge in [-0.3, -0.25) is 4.79 Å². The van der Waals surface area contributed by atoms with Crippen molar-refractivity contribution in [3.05, 3.63) is 59.4 Å². The summed E-state index contributed by atoms with van der Waals surface area (Å²) in [4.78, 5) is 12.3. The van der Waals surface area contributed by atoms with Crippen LogP contribution in [0.25, 0.3) is 0 Å². The number of anilines is 1. The van der Waals surface area contributed by atoms with Gasteiger partial charge in [-0.1, -0.05) is 25.1 Å². The van der Waals surface area contributed by atoms with E-state index in [-0.39, 0.29) is 29.7 Å². The molecule has 0 fully saturated rings. The second-order valence-electron chi connectivity index (χ2n) is 7.79. The summed E-state index contributed by atoms with van der Waals surface area (Å²) in [7, 11) is 0. The van der Waals surface area contributed by atoms with Crippen molar-refractivity contribution in [2.75, 3.05) is 11.9 Å². The number of ether oxygens (including phenoxy) is 1. The molecule has 1 aliphatic heterocycles. The summed E-state index contributed by atoms with van der Waals surface area (Å²) in [5, 5.41) is 6.33. The molecule has 2 unspecified atom stereocenters. The Labute approximate surface area is 166 Å². The lowest BCUT2D eigenvalue weighted by molar-refractivity contribution is -0.121. The summed E-state index contributed by atoms with van der Waals surface area (Å²) in [5.41, 5.74) is 3.00. The first-order chi connectivity index (χ1) is 13.4. The summed E-state index contributed by atoms with van der Waals surface area (Å²) in [6.45, 7) is 7.35. The van der Waals surface area contributed by atoms with E-state index in [2.05, 4.69) is 17.6 Å². The van der Waals surface area contributed by atoms with Crippen LogP contribution in [0.3, 0.4) is 0 Å². The highest BCUT2D eigenvalue weighted by molar-refractivity contribution is 5.76. The molecule has 1 amide bonds. The molecule has 28 heavy (non-hydrogen) atoms. The van der Waals surface area contributed by atoms with E-state index < -0.39 is 0 Å². The van der Waals surface area contributed by atoms with Gasteiger partial charge < -0.3 is 15.4 Å². The molecule has 5 heteroatoms. The molecule has 150 valence electrons. The minimum Gasteiger partial charge on any atom is -0.491 e. The standard InChI is InChI=1S/C23H29FN2O2/c1-15(2)28-22-7-5-4-6-17(22)13-26-23(27)11-8-16(3)20-14-25-21-10-9-18(24)12-19(20)21/h4-7,9-10,12,15-16,20,25H,8,11,13-14H2,1-3H3,(H,26,27). The molecule has 1 aliphatic rings. The average molecular weight is 384 g/mol. The molecule has 2 aromatic rings. The lowest BCUT2D eigenvalue weighted by Gasteiger charge is -2.19. The van der Waals surface area contributed by atoms with Crippen LogP contribution in [0, 0.1) is 11.7 Å². The first-order valence-electron chi connectivity index (χ1n) is 9.98. The van der Waals surface area contributed by atoms with Crippen LogP contribution in [0.2, 0.25) is 0 Å². The average Bonchev–Trinajstić information content (AvgIpc) is 3.08. The van der Waals surface area contributed by atoms with E-state index >= 15 is 0 Å². The molecule has 0 aromatic heterocycles. The zero-order chi connectivity index (χ0) is 20.1. The summed E-state index contributed by atoms with van der Waals surface area (Å²) in [6, 6.07) is 12.7. The summed E-state index contributed by atoms with van der Waals surface area (Å²) >= 11 is 0. The van der Waals surface area contributed by atoms with Crippen LogP contribution in [-0.4, -0.2) is 18.6 Å². The van der Waals surface area contributed by atoms with Crippen LogP contribution in [0.15, 0.2) is 42.5 Å². The van der Waals surface area contributed by atoms with E-state index in [0.29, 0.717) is 13.0 Å². The van der Waals surface area contributed by atoms with E-state index in [1.165, 1.54) is 6.07 Å². The Morgan fingerprint density at radius 1 is 1.25 bits per heavy atom. The number of carbonyl (C=O) groups is 1. The zero-order valence-electron chi connectivity index (χ0n) is 16.8. The summed E-state index contributed by atoms with van der Waals surface area (Å²) < 4.78 is 19.4. The van der Waals surface area contributed by atoms with Gasteiger partial charge >= 0.3 is 0 Å². The Balaban J connectivity index is 1.50. The number of halogens is 1. The van der Waals surface area contributed by atoms with Gasteiger partial charge in [-0.2, -0.15) is 0 Å². The lowest BCUT2D eigenvalue weighted by atomic mass is 9.86. The van der Waals surface area contributed by atoms with E-state index in [4.69, 9.17) is 4.74 Å². The molecular weight excluding hydrogens is 355 g/mol. The topological polar surface area (TPSA) is 50.4 Å². The maximum atomic E-state index is 13.6. The third kappa shape index (κ3) is 5.03. The van der Waals surface area contributed by atoms with E-state index in [0.717, 1.165) is 35.5 Å². The van der Waals surface area contributed by atoms with Crippen molar-refractivity contribution in [1.82, 2.24) is 5.32 Å². The van der Waals surface area contributed by atoms with Gasteiger partial charge in [-0.25, -0.2) is 4.39 Å². The number of hydrogen-bond acceptors (Lipinski definition) is 3. The number of amides is 1. The molecule has 0 saturated carbocycles. The quantitative estimate of drug-likeness (QED) is 0.684. The van der Waals surface area contributed by atoms with Crippen LogP contribution in [-0.2, 0) is 11.3 Å². The minimum absolute atomic E-state index is 0.0246. The predicted molar refractivity (Wildman–Crippen MR) is 110 cm³/mol. The molecule has 0 aliphatic carbocycles. The Kier molecular flexibility index (Phi) is 6.55. The third-order valence-corrected chi connectivity index (χ3v) is 5.25. The molecular formula is C23H29FN2O2. The van der Waals surface area contributed by atoms with Gasteiger partial charge in [0, 0.05) is 36.7 Å². The maximum Gasteiger partial charge on any atom is 0.220 e. The van der Waals surface area contributed by atoms with Gasteiger partial charge in [0.25, 0.3) is 0 Å². The van der Waals surface area contributed by atoms with Crippen molar-refractivity contribution >= 4 is 11.6 Å².